The Morgan fingerprint density at radius 1 is 1.00 bits per heavy atom. The van der Waals surface area contributed by atoms with Crippen molar-refractivity contribution >= 4 is 30.2 Å². The third-order valence-corrected chi connectivity index (χ3v) is 4.82. The van der Waals surface area contributed by atoms with Gasteiger partial charge in [0.15, 0.2) is 0 Å². The molecule has 1 heterocycles. The lowest BCUT2D eigenvalue weighted by atomic mass is 10.00. The van der Waals surface area contributed by atoms with Crippen LogP contribution in [0.2, 0.25) is 0 Å². The number of carbonyl (C=O) groups excluding carboxylic acids is 2. The van der Waals surface area contributed by atoms with Crippen molar-refractivity contribution in [3.63, 3.8) is 0 Å². The fourth-order valence-corrected chi connectivity index (χ4v) is 3.12. The first-order valence-electron chi connectivity index (χ1n) is 9.27. The average molecular weight is 407 g/mol. The summed E-state index contributed by atoms with van der Waals surface area (Å²) >= 11 is 4.33. The first-order valence-corrected chi connectivity index (χ1v) is 9.90. The van der Waals surface area contributed by atoms with Gasteiger partial charge in [0, 0.05) is 29.4 Å². The summed E-state index contributed by atoms with van der Waals surface area (Å²) in [5, 5.41) is 2.88. The van der Waals surface area contributed by atoms with E-state index in [1.54, 1.807) is 42.7 Å². The van der Waals surface area contributed by atoms with E-state index < -0.39 is 5.97 Å². The van der Waals surface area contributed by atoms with Crippen molar-refractivity contribution in [3.05, 3.63) is 95.8 Å². The molecule has 0 aliphatic carbocycles. The van der Waals surface area contributed by atoms with Crippen molar-refractivity contribution in [2.45, 2.75) is 13.0 Å². The summed E-state index contributed by atoms with van der Waals surface area (Å²) in [6, 6.07) is 20.2. The fraction of sp³-hybridized carbons (Fsp3) is 0.174. The first kappa shape index (κ1) is 20.6. The zero-order valence-corrected chi connectivity index (χ0v) is 16.7. The van der Waals surface area contributed by atoms with Gasteiger partial charge < -0.3 is 10.1 Å². The van der Waals surface area contributed by atoms with Gasteiger partial charge in [-0.25, -0.2) is 4.79 Å². The molecule has 0 radical (unpaired) electrons. The third-order valence-electron chi connectivity index (χ3n) is 4.37. The van der Waals surface area contributed by atoms with Crippen LogP contribution in [0.3, 0.4) is 0 Å². The summed E-state index contributed by atoms with van der Waals surface area (Å²) in [5.74, 6) is -0.445. The van der Waals surface area contributed by atoms with Gasteiger partial charge >= 0.3 is 5.97 Å². The quantitative estimate of drug-likeness (QED) is 0.435. The van der Waals surface area contributed by atoms with E-state index in [-0.39, 0.29) is 18.4 Å². The Hall–Kier alpha value is -3.12. The molecule has 148 valence electrons. The number of nitrogens with one attached hydrogen (secondary N) is 1. The topological polar surface area (TPSA) is 68.3 Å². The molecule has 1 atom stereocenters. The lowest BCUT2D eigenvalue weighted by Crippen LogP contribution is -2.26. The number of nitrogens with zero attached hydrogens (tertiary/aromatic N) is 1. The van der Waals surface area contributed by atoms with Crippen molar-refractivity contribution < 1.29 is 14.3 Å². The Kier molecular flexibility index (Phi) is 7.41. The smallest absolute Gasteiger partial charge is 0.338 e. The fourth-order valence-electron chi connectivity index (χ4n) is 2.82. The van der Waals surface area contributed by atoms with E-state index in [1.807, 2.05) is 36.4 Å². The molecule has 0 saturated heterocycles. The van der Waals surface area contributed by atoms with Gasteiger partial charge in [-0.2, -0.15) is 12.6 Å². The molecule has 0 spiro atoms. The summed E-state index contributed by atoms with van der Waals surface area (Å²) in [4.78, 5) is 29.0. The molecule has 0 saturated carbocycles. The number of benzene rings is 2. The minimum atomic E-state index is -0.458. The number of esters is 1. The van der Waals surface area contributed by atoms with E-state index in [0.717, 1.165) is 11.1 Å². The van der Waals surface area contributed by atoms with E-state index >= 15 is 0 Å². The number of amides is 1. The van der Waals surface area contributed by atoms with Crippen LogP contribution in [0.1, 0.15) is 21.5 Å². The number of pyridine rings is 1. The Morgan fingerprint density at radius 2 is 1.79 bits per heavy atom. The second kappa shape index (κ2) is 10.4. The predicted molar refractivity (Wildman–Crippen MR) is 116 cm³/mol. The highest BCUT2D eigenvalue weighted by atomic mass is 32.1. The molecular formula is C23H22N2O3S. The minimum absolute atomic E-state index is 0.135. The maximum Gasteiger partial charge on any atom is 0.338 e. The van der Waals surface area contributed by atoms with Crippen LogP contribution in [0.15, 0.2) is 79.1 Å². The molecule has 0 aliphatic heterocycles. The second-order valence-corrected chi connectivity index (χ2v) is 6.94. The van der Waals surface area contributed by atoms with E-state index in [1.165, 1.54) is 0 Å². The zero-order chi connectivity index (χ0) is 20.5. The molecule has 6 heteroatoms. The van der Waals surface area contributed by atoms with E-state index in [4.69, 9.17) is 4.74 Å². The average Bonchev–Trinajstić information content (AvgIpc) is 2.77. The number of ether oxygens (including phenoxy) is 1. The van der Waals surface area contributed by atoms with Gasteiger partial charge in [-0.05, 0) is 36.2 Å². The number of aromatic nitrogens is 1. The van der Waals surface area contributed by atoms with Crippen molar-refractivity contribution in [1.82, 2.24) is 4.98 Å². The summed E-state index contributed by atoms with van der Waals surface area (Å²) in [5.41, 5.74) is 2.81. The maximum atomic E-state index is 12.7. The minimum Gasteiger partial charge on any atom is -0.457 e. The van der Waals surface area contributed by atoms with Crippen LogP contribution < -0.4 is 5.32 Å². The van der Waals surface area contributed by atoms with Gasteiger partial charge in [0.05, 0.1) is 11.5 Å². The van der Waals surface area contributed by atoms with Crippen molar-refractivity contribution in [2.24, 2.45) is 5.92 Å². The summed E-state index contributed by atoms with van der Waals surface area (Å²) in [6.45, 7) is 0.141. The zero-order valence-electron chi connectivity index (χ0n) is 15.8. The maximum absolute atomic E-state index is 12.7. The molecular weight excluding hydrogens is 384 g/mol. The number of carbonyl (C=O) groups is 2. The Morgan fingerprint density at radius 3 is 2.52 bits per heavy atom. The number of thiol groups is 1. The van der Waals surface area contributed by atoms with Crippen LogP contribution in [-0.2, 0) is 22.6 Å². The molecule has 0 fully saturated rings. The molecule has 29 heavy (non-hydrogen) atoms. The van der Waals surface area contributed by atoms with Gasteiger partial charge in [0.1, 0.15) is 6.61 Å². The molecule has 3 rings (SSSR count). The first-order chi connectivity index (χ1) is 14.2. The number of anilines is 1. The largest absolute Gasteiger partial charge is 0.457 e. The van der Waals surface area contributed by atoms with E-state index in [9.17, 15) is 9.59 Å². The predicted octanol–water partition coefficient (Wildman–Crippen LogP) is 4.17. The summed E-state index contributed by atoms with van der Waals surface area (Å²) in [7, 11) is 0. The van der Waals surface area contributed by atoms with E-state index in [2.05, 4.69) is 22.9 Å². The highest BCUT2D eigenvalue weighted by Gasteiger charge is 2.18. The van der Waals surface area contributed by atoms with Crippen molar-refractivity contribution in [1.29, 1.82) is 0 Å². The monoisotopic (exact) mass is 406 g/mol. The third kappa shape index (κ3) is 6.19. The molecule has 0 aliphatic rings. The SMILES string of the molecule is O=C(OCc1cccnc1)c1cccc(NC(=O)C(CS)Cc2ccccc2)c1. The standard InChI is InChI=1S/C23H22N2O3S/c26-22(20(16-29)12-17-6-2-1-3-7-17)25-21-10-4-9-19(13-21)23(27)28-15-18-8-5-11-24-14-18/h1-11,13-14,20,29H,12,15-16H2,(H,25,26). The van der Waals surface area contributed by atoms with Crippen LogP contribution in [0.5, 0.6) is 0 Å². The highest BCUT2D eigenvalue weighted by molar-refractivity contribution is 7.80. The molecule has 2 aromatic carbocycles. The van der Waals surface area contributed by atoms with Crippen molar-refractivity contribution in [3.8, 4) is 0 Å². The number of rotatable bonds is 8. The molecule has 1 N–H and O–H groups in total. The Labute approximate surface area is 175 Å². The second-order valence-electron chi connectivity index (χ2n) is 6.58. The van der Waals surface area contributed by atoms with Gasteiger partial charge in [-0.15, -0.1) is 0 Å². The number of hydrogen-bond donors (Lipinski definition) is 2. The molecule has 1 unspecified atom stereocenters. The Balaban J connectivity index is 1.60. The van der Waals surface area contributed by atoms with Gasteiger partial charge in [-0.3, -0.25) is 9.78 Å². The molecule has 3 aromatic rings. The van der Waals surface area contributed by atoms with Crippen LogP contribution in [0.4, 0.5) is 5.69 Å². The van der Waals surface area contributed by atoms with Crippen molar-refractivity contribution in [2.75, 3.05) is 11.1 Å². The number of hydrogen-bond acceptors (Lipinski definition) is 5. The van der Waals surface area contributed by atoms with E-state index in [0.29, 0.717) is 23.4 Å². The normalized spacial score (nSPS) is 11.5. The van der Waals surface area contributed by atoms with Crippen LogP contribution in [-0.4, -0.2) is 22.6 Å². The molecule has 5 nitrogen and oxygen atoms in total. The summed E-state index contributed by atoms with van der Waals surface area (Å²) < 4.78 is 5.32. The highest BCUT2D eigenvalue weighted by Crippen LogP contribution is 2.16. The molecule has 1 amide bonds. The lowest BCUT2D eigenvalue weighted by molar-refractivity contribution is -0.119. The van der Waals surface area contributed by atoms with Gasteiger partial charge in [0.25, 0.3) is 0 Å². The van der Waals surface area contributed by atoms with Crippen LogP contribution in [0.25, 0.3) is 0 Å². The summed E-state index contributed by atoms with van der Waals surface area (Å²) in [6.07, 6.45) is 3.91. The molecule has 1 aromatic heterocycles. The van der Waals surface area contributed by atoms with Crippen LogP contribution >= 0.6 is 12.6 Å². The van der Waals surface area contributed by atoms with Gasteiger partial charge in [0.2, 0.25) is 5.91 Å². The lowest BCUT2D eigenvalue weighted by Gasteiger charge is -2.15. The molecule has 0 bridgehead atoms. The van der Waals surface area contributed by atoms with Crippen LogP contribution in [0, 0.1) is 5.92 Å². The Bertz CT molecular complexity index is 949. The van der Waals surface area contributed by atoms with Gasteiger partial charge in [-0.1, -0.05) is 42.5 Å².